The summed E-state index contributed by atoms with van der Waals surface area (Å²) in [7, 11) is 0. The maximum absolute atomic E-state index is 12.5. The molecule has 138 valence electrons. The zero-order valence-corrected chi connectivity index (χ0v) is 15.4. The van der Waals surface area contributed by atoms with Crippen molar-refractivity contribution in [3.63, 3.8) is 0 Å². The van der Waals surface area contributed by atoms with Crippen molar-refractivity contribution in [2.45, 2.75) is 13.8 Å². The quantitative estimate of drug-likeness (QED) is 0.864. The van der Waals surface area contributed by atoms with Gasteiger partial charge in [0.05, 0.1) is 17.9 Å². The number of aromatic nitrogens is 1. The van der Waals surface area contributed by atoms with Crippen LogP contribution in [0.4, 0.5) is 11.5 Å². The van der Waals surface area contributed by atoms with E-state index < -0.39 is 0 Å². The lowest BCUT2D eigenvalue weighted by atomic mass is 10.2. The van der Waals surface area contributed by atoms with Gasteiger partial charge < -0.3 is 19.9 Å². The van der Waals surface area contributed by atoms with E-state index in [2.05, 4.69) is 27.0 Å². The Labute approximate surface area is 154 Å². The number of carbonyl (C=O) groups is 1. The lowest BCUT2D eigenvalue weighted by molar-refractivity contribution is 0.102. The molecule has 1 aliphatic heterocycles. The Balaban J connectivity index is 1.64. The van der Waals surface area contributed by atoms with E-state index in [1.54, 1.807) is 6.20 Å². The summed E-state index contributed by atoms with van der Waals surface area (Å²) in [5, 5.41) is 2.90. The standard InChI is InChI=1S/C20H26N4O2/c1-3-23-11-13-24(14-12-23)19-10-9-16(15-21-19)20(25)22-17-7-5-6-8-18(17)26-4-2/h5-10,15H,3-4,11-14H2,1-2H3,(H,22,25). The van der Waals surface area contributed by atoms with Crippen molar-refractivity contribution < 1.29 is 9.53 Å². The molecule has 6 heteroatoms. The number of nitrogens with zero attached hydrogens (tertiary/aromatic N) is 3. The largest absolute Gasteiger partial charge is 0.492 e. The van der Waals surface area contributed by atoms with E-state index in [9.17, 15) is 4.79 Å². The van der Waals surface area contributed by atoms with Crippen LogP contribution in [-0.4, -0.2) is 55.1 Å². The number of hydrogen-bond acceptors (Lipinski definition) is 5. The van der Waals surface area contributed by atoms with Crippen LogP contribution in [0.2, 0.25) is 0 Å². The average Bonchev–Trinajstić information content (AvgIpc) is 2.70. The molecule has 1 N–H and O–H groups in total. The zero-order valence-electron chi connectivity index (χ0n) is 15.4. The Morgan fingerprint density at radius 2 is 1.88 bits per heavy atom. The molecule has 2 aromatic rings. The van der Waals surface area contributed by atoms with Crippen molar-refractivity contribution in [2.75, 3.05) is 49.5 Å². The molecule has 0 unspecified atom stereocenters. The number of ether oxygens (including phenoxy) is 1. The van der Waals surface area contributed by atoms with Crippen LogP contribution in [0, 0.1) is 0 Å². The third kappa shape index (κ3) is 4.32. The fourth-order valence-corrected chi connectivity index (χ4v) is 3.05. The van der Waals surface area contributed by atoms with Crippen LogP contribution in [0.3, 0.4) is 0 Å². The number of piperazine rings is 1. The van der Waals surface area contributed by atoms with Crippen LogP contribution in [0.15, 0.2) is 42.6 Å². The van der Waals surface area contributed by atoms with Gasteiger partial charge in [0.25, 0.3) is 5.91 Å². The summed E-state index contributed by atoms with van der Waals surface area (Å²) in [6.45, 7) is 9.77. The fraction of sp³-hybridized carbons (Fsp3) is 0.400. The van der Waals surface area contributed by atoms with E-state index in [-0.39, 0.29) is 5.91 Å². The smallest absolute Gasteiger partial charge is 0.257 e. The van der Waals surface area contributed by atoms with Gasteiger partial charge in [0.1, 0.15) is 11.6 Å². The molecule has 0 atom stereocenters. The molecule has 0 bridgehead atoms. The summed E-state index contributed by atoms with van der Waals surface area (Å²) in [6, 6.07) is 11.2. The molecule has 1 aromatic heterocycles. The SMILES string of the molecule is CCOc1ccccc1NC(=O)c1ccc(N2CCN(CC)CC2)nc1. The Morgan fingerprint density at radius 3 is 2.54 bits per heavy atom. The highest BCUT2D eigenvalue weighted by molar-refractivity contribution is 6.04. The highest BCUT2D eigenvalue weighted by atomic mass is 16.5. The molecular formula is C20H26N4O2. The summed E-state index contributed by atoms with van der Waals surface area (Å²) in [5.74, 6) is 1.40. The van der Waals surface area contributed by atoms with Crippen LogP contribution >= 0.6 is 0 Å². The van der Waals surface area contributed by atoms with E-state index in [1.165, 1.54) is 0 Å². The zero-order chi connectivity index (χ0) is 18.4. The third-order valence-electron chi connectivity index (χ3n) is 4.59. The second-order valence-electron chi connectivity index (χ2n) is 6.21. The fourth-order valence-electron chi connectivity index (χ4n) is 3.05. The van der Waals surface area contributed by atoms with E-state index in [1.807, 2.05) is 43.3 Å². The highest BCUT2D eigenvalue weighted by Gasteiger charge is 2.17. The number of amides is 1. The molecule has 3 rings (SSSR count). The van der Waals surface area contributed by atoms with Crippen molar-refractivity contribution >= 4 is 17.4 Å². The van der Waals surface area contributed by atoms with Gasteiger partial charge in [0.2, 0.25) is 0 Å². The Bertz CT molecular complexity index is 725. The number of rotatable bonds is 6. The number of likely N-dealkylation sites (N-methyl/N-ethyl adjacent to an activating group) is 1. The number of pyridine rings is 1. The minimum atomic E-state index is -0.188. The van der Waals surface area contributed by atoms with Gasteiger partial charge in [0.15, 0.2) is 0 Å². The molecule has 26 heavy (non-hydrogen) atoms. The molecule has 0 saturated carbocycles. The highest BCUT2D eigenvalue weighted by Crippen LogP contribution is 2.24. The predicted molar refractivity (Wildman–Crippen MR) is 104 cm³/mol. The van der Waals surface area contributed by atoms with Crippen molar-refractivity contribution in [3.8, 4) is 5.75 Å². The van der Waals surface area contributed by atoms with Crippen molar-refractivity contribution in [2.24, 2.45) is 0 Å². The molecular weight excluding hydrogens is 328 g/mol. The van der Waals surface area contributed by atoms with Crippen molar-refractivity contribution in [3.05, 3.63) is 48.2 Å². The van der Waals surface area contributed by atoms with Gasteiger partial charge >= 0.3 is 0 Å². The molecule has 1 fully saturated rings. The van der Waals surface area contributed by atoms with E-state index in [0.717, 1.165) is 38.5 Å². The van der Waals surface area contributed by atoms with E-state index >= 15 is 0 Å². The molecule has 1 aliphatic rings. The lowest BCUT2D eigenvalue weighted by Gasteiger charge is -2.34. The van der Waals surface area contributed by atoms with Gasteiger partial charge in [-0.25, -0.2) is 4.98 Å². The number of anilines is 2. The molecule has 6 nitrogen and oxygen atoms in total. The number of nitrogens with one attached hydrogen (secondary N) is 1. The monoisotopic (exact) mass is 354 g/mol. The van der Waals surface area contributed by atoms with Crippen molar-refractivity contribution in [1.29, 1.82) is 0 Å². The summed E-state index contributed by atoms with van der Waals surface area (Å²) >= 11 is 0. The number of benzene rings is 1. The second kappa shape index (κ2) is 8.67. The molecule has 0 aliphatic carbocycles. The molecule has 1 amide bonds. The molecule has 0 radical (unpaired) electrons. The number of carbonyl (C=O) groups excluding carboxylic acids is 1. The Kier molecular flexibility index (Phi) is 6.07. The summed E-state index contributed by atoms with van der Waals surface area (Å²) in [6.07, 6.45) is 1.64. The maximum atomic E-state index is 12.5. The maximum Gasteiger partial charge on any atom is 0.257 e. The van der Waals surface area contributed by atoms with Crippen LogP contribution in [0.25, 0.3) is 0 Å². The van der Waals surface area contributed by atoms with Crippen LogP contribution < -0.4 is 15.0 Å². The van der Waals surface area contributed by atoms with Crippen molar-refractivity contribution in [1.82, 2.24) is 9.88 Å². The Hall–Kier alpha value is -2.60. The summed E-state index contributed by atoms with van der Waals surface area (Å²) in [5.41, 5.74) is 1.20. The first-order valence-electron chi connectivity index (χ1n) is 9.17. The van der Waals surface area contributed by atoms with Gasteiger partial charge in [-0.15, -0.1) is 0 Å². The second-order valence-corrected chi connectivity index (χ2v) is 6.21. The topological polar surface area (TPSA) is 57.7 Å². The van der Waals surface area contributed by atoms with Gasteiger partial charge in [-0.2, -0.15) is 0 Å². The predicted octanol–water partition coefficient (Wildman–Crippen LogP) is 2.87. The lowest BCUT2D eigenvalue weighted by Crippen LogP contribution is -2.46. The number of hydrogen-bond donors (Lipinski definition) is 1. The van der Waals surface area contributed by atoms with Gasteiger partial charge in [-0.1, -0.05) is 19.1 Å². The molecule has 1 aromatic carbocycles. The van der Waals surface area contributed by atoms with Crippen LogP contribution in [0.1, 0.15) is 24.2 Å². The molecule has 2 heterocycles. The molecule has 0 spiro atoms. The Morgan fingerprint density at radius 1 is 1.12 bits per heavy atom. The van der Waals surface area contributed by atoms with Gasteiger partial charge in [0, 0.05) is 32.4 Å². The average molecular weight is 354 g/mol. The van der Waals surface area contributed by atoms with Gasteiger partial charge in [-0.05, 0) is 37.7 Å². The molecule has 1 saturated heterocycles. The van der Waals surface area contributed by atoms with E-state index in [0.29, 0.717) is 23.6 Å². The summed E-state index contributed by atoms with van der Waals surface area (Å²) < 4.78 is 5.55. The minimum absolute atomic E-state index is 0.188. The third-order valence-corrected chi connectivity index (χ3v) is 4.59. The van der Waals surface area contributed by atoms with E-state index in [4.69, 9.17) is 4.74 Å². The summed E-state index contributed by atoms with van der Waals surface area (Å²) in [4.78, 5) is 21.7. The van der Waals surface area contributed by atoms with Crippen LogP contribution in [-0.2, 0) is 0 Å². The first-order valence-corrected chi connectivity index (χ1v) is 9.17. The first kappa shape index (κ1) is 18.2. The first-order chi connectivity index (χ1) is 12.7. The minimum Gasteiger partial charge on any atom is -0.492 e. The number of para-hydroxylation sites is 2. The van der Waals surface area contributed by atoms with Gasteiger partial charge in [-0.3, -0.25) is 4.79 Å². The normalized spacial score (nSPS) is 14.9. The van der Waals surface area contributed by atoms with Crippen LogP contribution in [0.5, 0.6) is 5.75 Å².